The van der Waals surface area contributed by atoms with Crippen molar-refractivity contribution in [1.29, 1.82) is 0 Å². The second kappa shape index (κ2) is 7.75. The normalized spacial score (nSPS) is 16.4. The van der Waals surface area contributed by atoms with Crippen LogP contribution in [0.2, 0.25) is 10.0 Å². The van der Waals surface area contributed by atoms with E-state index in [4.69, 9.17) is 23.2 Å². The van der Waals surface area contributed by atoms with E-state index in [9.17, 15) is 18.0 Å². The molecule has 1 amide bonds. The molecule has 1 fully saturated rings. The Balaban J connectivity index is 1.97. The maximum Gasteiger partial charge on any atom is 0.416 e. The summed E-state index contributed by atoms with van der Waals surface area (Å²) >= 11 is 11.7. The van der Waals surface area contributed by atoms with Gasteiger partial charge in [0, 0.05) is 6.42 Å². The van der Waals surface area contributed by atoms with Crippen LogP contribution in [0.15, 0.2) is 12.1 Å². The lowest BCUT2D eigenvalue weighted by molar-refractivity contribution is -0.137. The number of amides is 1. The predicted molar refractivity (Wildman–Crippen MR) is 85.9 cm³/mol. The monoisotopic (exact) mass is 367 g/mol. The van der Waals surface area contributed by atoms with Gasteiger partial charge < -0.3 is 5.32 Å². The number of hydrogen-bond acceptors (Lipinski definition) is 1. The van der Waals surface area contributed by atoms with Crippen molar-refractivity contribution in [1.82, 2.24) is 0 Å². The van der Waals surface area contributed by atoms with E-state index in [1.807, 2.05) is 0 Å². The molecule has 0 saturated heterocycles. The molecular weight excluding hydrogens is 350 g/mol. The fourth-order valence-electron chi connectivity index (χ4n) is 2.87. The first kappa shape index (κ1) is 18.4. The Morgan fingerprint density at radius 3 is 2.22 bits per heavy atom. The number of alkyl halides is 3. The molecule has 128 valence electrons. The molecule has 0 atom stereocenters. The summed E-state index contributed by atoms with van der Waals surface area (Å²) in [5.41, 5.74) is -0.900. The van der Waals surface area contributed by atoms with Gasteiger partial charge in [0.2, 0.25) is 5.91 Å². The molecule has 1 aromatic carbocycles. The van der Waals surface area contributed by atoms with Gasteiger partial charge in [0.15, 0.2) is 0 Å². The zero-order valence-electron chi connectivity index (χ0n) is 12.5. The van der Waals surface area contributed by atoms with Gasteiger partial charge in [0.1, 0.15) is 0 Å². The first-order valence-electron chi connectivity index (χ1n) is 7.63. The van der Waals surface area contributed by atoms with Crippen LogP contribution in [-0.4, -0.2) is 5.91 Å². The number of hydrogen-bond donors (Lipinski definition) is 1. The maximum absolute atomic E-state index is 12.7. The van der Waals surface area contributed by atoms with Gasteiger partial charge in [0.05, 0.1) is 21.3 Å². The third kappa shape index (κ3) is 5.28. The fraction of sp³-hybridized carbons (Fsp3) is 0.562. The first-order chi connectivity index (χ1) is 10.8. The number of carbonyl (C=O) groups excluding carboxylic acids is 1. The highest BCUT2D eigenvalue weighted by molar-refractivity contribution is 6.39. The lowest BCUT2D eigenvalue weighted by Gasteiger charge is -2.21. The number of halogens is 5. The molecule has 1 saturated carbocycles. The summed E-state index contributed by atoms with van der Waals surface area (Å²) < 4.78 is 38.0. The van der Waals surface area contributed by atoms with Crippen LogP contribution >= 0.6 is 23.2 Å². The Bertz CT molecular complexity index is 546. The van der Waals surface area contributed by atoms with Crippen molar-refractivity contribution in [3.63, 3.8) is 0 Å². The number of benzene rings is 1. The smallest absolute Gasteiger partial charge is 0.324 e. The molecule has 7 heteroatoms. The van der Waals surface area contributed by atoms with Gasteiger partial charge in [-0.25, -0.2) is 0 Å². The number of anilines is 1. The van der Waals surface area contributed by atoms with Gasteiger partial charge in [-0.05, 0) is 24.5 Å². The van der Waals surface area contributed by atoms with Crippen LogP contribution in [0, 0.1) is 5.92 Å². The predicted octanol–water partition coefficient (Wildman–Crippen LogP) is 6.31. The Labute approximate surface area is 143 Å². The van der Waals surface area contributed by atoms with E-state index in [1.165, 1.54) is 19.3 Å². The fourth-order valence-corrected chi connectivity index (χ4v) is 3.45. The minimum absolute atomic E-state index is 0.0370. The molecule has 0 aromatic heterocycles. The van der Waals surface area contributed by atoms with Crippen molar-refractivity contribution in [2.75, 3.05) is 5.32 Å². The van der Waals surface area contributed by atoms with Crippen LogP contribution in [0.25, 0.3) is 0 Å². The lowest BCUT2D eigenvalue weighted by atomic mass is 9.86. The molecule has 0 spiro atoms. The number of nitrogens with one attached hydrogen (secondary N) is 1. The molecule has 0 aliphatic heterocycles. The standard InChI is InChI=1S/C16H18Cl2F3NO/c17-12-8-11(16(19,20)21)9-13(18)15(12)22-14(23)7-6-10-4-2-1-3-5-10/h8-10H,1-7H2,(H,22,23). The highest BCUT2D eigenvalue weighted by atomic mass is 35.5. The van der Waals surface area contributed by atoms with E-state index in [0.29, 0.717) is 12.3 Å². The Kier molecular flexibility index (Phi) is 6.20. The van der Waals surface area contributed by atoms with E-state index < -0.39 is 11.7 Å². The van der Waals surface area contributed by atoms with Crippen LogP contribution in [0.4, 0.5) is 18.9 Å². The largest absolute Gasteiger partial charge is 0.416 e. The summed E-state index contributed by atoms with van der Waals surface area (Å²) in [6.07, 6.45) is 2.48. The van der Waals surface area contributed by atoms with Crippen LogP contribution in [0.5, 0.6) is 0 Å². The van der Waals surface area contributed by atoms with E-state index in [0.717, 1.165) is 31.4 Å². The average Bonchev–Trinajstić information content (AvgIpc) is 2.49. The second-order valence-electron chi connectivity index (χ2n) is 5.90. The Morgan fingerprint density at radius 2 is 1.70 bits per heavy atom. The van der Waals surface area contributed by atoms with Gasteiger partial charge in [-0.2, -0.15) is 13.2 Å². The third-order valence-electron chi connectivity index (χ3n) is 4.14. The molecule has 0 radical (unpaired) electrons. The van der Waals surface area contributed by atoms with Crippen LogP contribution in [0.1, 0.15) is 50.5 Å². The number of carbonyl (C=O) groups is 1. The average molecular weight is 368 g/mol. The molecule has 1 N–H and O–H groups in total. The van der Waals surface area contributed by atoms with Gasteiger partial charge >= 0.3 is 6.18 Å². The molecule has 1 aromatic rings. The molecule has 0 bridgehead atoms. The van der Waals surface area contributed by atoms with E-state index >= 15 is 0 Å². The molecule has 1 aliphatic carbocycles. The van der Waals surface area contributed by atoms with Crippen LogP contribution < -0.4 is 5.32 Å². The van der Waals surface area contributed by atoms with Gasteiger partial charge in [-0.3, -0.25) is 4.79 Å². The first-order valence-corrected chi connectivity index (χ1v) is 8.39. The summed E-state index contributed by atoms with van der Waals surface area (Å²) in [5.74, 6) is 0.271. The quantitative estimate of drug-likeness (QED) is 0.663. The molecule has 2 nitrogen and oxygen atoms in total. The van der Waals surface area contributed by atoms with Crippen molar-refractivity contribution in [2.45, 2.75) is 51.1 Å². The third-order valence-corrected chi connectivity index (χ3v) is 4.73. The SMILES string of the molecule is O=C(CCC1CCCCC1)Nc1c(Cl)cc(C(F)(F)F)cc1Cl. The highest BCUT2D eigenvalue weighted by Crippen LogP contribution is 2.38. The van der Waals surface area contributed by atoms with Crippen LogP contribution in [-0.2, 0) is 11.0 Å². The summed E-state index contributed by atoms with van der Waals surface area (Å²) in [6, 6.07) is 1.54. The Hall–Kier alpha value is -0.940. The van der Waals surface area contributed by atoms with E-state index in [2.05, 4.69) is 5.32 Å². The minimum atomic E-state index is -4.53. The maximum atomic E-state index is 12.7. The molecule has 2 rings (SSSR count). The van der Waals surface area contributed by atoms with Crippen molar-refractivity contribution >= 4 is 34.8 Å². The lowest BCUT2D eigenvalue weighted by Crippen LogP contribution is -2.16. The highest BCUT2D eigenvalue weighted by Gasteiger charge is 2.32. The van der Waals surface area contributed by atoms with Gasteiger partial charge in [-0.15, -0.1) is 0 Å². The van der Waals surface area contributed by atoms with Crippen molar-refractivity contribution in [3.05, 3.63) is 27.7 Å². The summed E-state index contributed by atoms with van der Waals surface area (Å²) in [6.45, 7) is 0. The summed E-state index contributed by atoms with van der Waals surface area (Å²) in [7, 11) is 0. The van der Waals surface area contributed by atoms with Crippen molar-refractivity contribution < 1.29 is 18.0 Å². The summed E-state index contributed by atoms with van der Waals surface area (Å²) in [4.78, 5) is 12.0. The molecule has 0 unspecified atom stereocenters. The van der Waals surface area contributed by atoms with Crippen LogP contribution in [0.3, 0.4) is 0 Å². The van der Waals surface area contributed by atoms with E-state index in [-0.39, 0.29) is 21.6 Å². The van der Waals surface area contributed by atoms with Crippen molar-refractivity contribution in [3.8, 4) is 0 Å². The molecule has 1 aliphatic rings. The van der Waals surface area contributed by atoms with Crippen molar-refractivity contribution in [2.24, 2.45) is 5.92 Å². The number of rotatable bonds is 4. The van der Waals surface area contributed by atoms with Gasteiger partial charge in [0.25, 0.3) is 0 Å². The minimum Gasteiger partial charge on any atom is -0.324 e. The second-order valence-corrected chi connectivity index (χ2v) is 6.72. The molecular formula is C16H18Cl2F3NO. The zero-order chi connectivity index (χ0) is 17.0. The zero-order valence-corrected chi connectivity index (χ0v) is 14.0. The topological polar surface area (TPSA) is 29.1 Å². The Morgan fingerprint density at radius 1 is 1.13 bits per heavy atom. The molecule has 0 heterocycles. The molecule has 23 heavy (non-hydrogen) atoms. The van der Waals surface area contributed by atoms with E-state index in [1.54, 1.807) is 0 Å². The summed E-state index contributed by atoms with van der Waals surface area (Å²) in [5, 5.41) is 2.10. The van der Waals surface area contributed by atoms with Gasteiger partial charge in [-0.1, -0.05) is 55.3 Å².